The highest BCUT2D eigenvalue weighted by molar-refractivity contribution is 5.48. The summed E-state index contributed by atoms with van der Waals surface area (Å²) < 4.78 is 12.9. The van der Waals surface area contributed by atoms with Crippen molar-refractivity contribution in [3.05, 3.63) is 30.1 Å². The average molecular weight is 258 g/mol. The summed E-state index contributed by atoms with van der Waals surface area (Å²) in [6.07, 6.45) is 6.88. The molecule has 0 aromatic heterocycles. The van der Waals surface area contributed by atoms with Gasteiger partial charge in [-0.05, 0) is 74.6 Å². The fraction of sp³-hybridized carbons (Fsp3) is 0.562. The van der Waals surface area contributed by atoms with Gasteiger partial charge in [-0.15, -0.1) is 0 Å². The molecule has 1 N–H and O–H groups in total. The van der Waals surface area contributed by atoms with E-state index >= 15 is 0 Å². The maximum atomic E-state index is 12.9. The van der Waals surface area contributed by atoms with E-state index in [-0.39, 0.29) is 5.82 Å². The summed E-state index contributed by atoms with van der Waals surface area (Å²) in [5, 5.41) is 12.9. The zero-order valence-electron chi connectivity index (χ0n) is 11.0. The van der Waals surface area contributed by atoms with Crippen LogP contribution >= 0.6 is 0 Å². The van der Waals surface area contributed by atoms with Crippen molar-refractivity contribution < 1.29 is 4.39 Å². The topological polar surface area (TPSA) is 35.8 Å². The minimum absolute atomic E-state index is 0.240. The molecular formula is C16H19FN2. The highest BCUT2D eigenvalue weighted by atomic mass is 19.1. The van der Waals surface area contributed by atoms with E-state index in [4.69, 9.17) is 0 Å². The number of nitriles is 1. The molecular weight excluding hydrogens is 239 g/mol. The Hall–Kier alpha value is -1.56. The van der Waals surface area contributed by atoms with Crippen molar-refractivity contribution in [1.29, 1.82) is 5.26 Å². The van der Waals surface area contributed by atoms with E-state index in [1.54, 1.807) is 12.1 Å². The van der Waals surface area contributed by atoms with Gasteiger partial charge in [0.2, 0.25) is 0 Å². The van der Waals surface area contributed by atoms with Crippen LogP contribution in [0.15, 0.2) is 24.3 Å². The zero-order chi connectivity index (χ0) is 13.3. The molecule has 100 valence electrons. The predicted molar refractivity (Wildman–Crippen MR) is 73.0 cm³/mol. The summed E-state index contributed by atoms with van der Waals surface area (Å²) in [5.74, 6) is 1.31. The highest BCUT2D eigenvalue weighted by Gasteiger charge is 2.42. The van der Waals surface area contributed by atoms with Crippen molar-refractivity contribution >= 4 is 5.69 Å². The number of hydrogen-bond donors (Lipinski definition) is 1. The standard InChI is InChI=1S/C16H19FN2/c17-14-5-7-15(8-6-14)19-16(11-18)9-1-2-13(10-16)12-3-4-12/h5-8,12-13,19H,1-4,9-10H2. The molecule has 0 aliphatic heterocycles. The van der Waals surface area contributed by atoms with E-state index in [0.29, 0.717) is 5.92 Å². The smallest absolute Gasteiger partial charge is 0.125 e. The van der Waals surface area contributed by atoms with E-state index in [9.17, 15) is 9.65 Å². The predicted octanol–water partition coefficient (Wildman–Crippen LogP) is 4.10. The van der Waals surface area contributed by atoms with Crippen LogP contribution in [0.5, 0.6) is 0 Å². The number of anilines is 1. The van der Waals surface area contributed by atoms with Crippen molar-refractivity contribution in [1.82, 2.24) is 0 Å². The summed E-state index contributed by atoms with van der Waals surface area (Å²) in [6.45, 7) is 0. The maximum Gasteiger partial charge on any atom is 0.125 e. The molecule has 2 aliphatic carbocycles. The molecule has 2 unspecified atom stereocenters. The van der Waals surface area contributed by atoms with Gasteiger partial charge in [0, 0.05) is 5.69 Å². The molecule has 3 heteroatoms. The van der Waals surface area contributed by atoms with Gasteiger partial charge in [-0.1, -0.05) is 0 Å². The largest absolute Gasteiger partial charge is 0.367 e. The van der Waals surface area contributed by atoms with Gasteiger partial charge in [-0.25, -0.2) is 4.39 Å². The van der Waals surface area contributed by atoms with E-state index in [0.717, 1.165) is 30.9 Å². The molecule has 0 radical (unpaired) electrons. The Labute approximate surface area is 113 Å². The molecule has 2 atom stereocenters. The molecule has 3 rings (SSSR count). The molecule has 1 aromatic carbocycles. The van der Waals surface area contributed by atoms with Crippen LogP contribution < -0.4 is 5.32 Å². The van der Waals surface area contributed by atoms with Crippen LogP contribution in [0.4, 0.5) is 10.1 Å². The monoisotopic (exact) mass is 258 g/mol. The molecule has 0 spiro atoms. The molecule has 2 nitrogen and oxygen atoms in total. The van der Waals surface area contributed by atoms with E-state index in [1.807, 2.05) is 0 Å². The molecule has 0 amide bonds. The van der Waals surface area contributed by atoms with Crippen LogP contribution in [0.2, 0.25) is 0 Å². The summed E-state index contributed by atoms with van der Waals surface area (Å²) in [7, 11) is 0. The van der Waals surface area contributed by atoms with Crippen LogP contribution in [0.3, 0.4) is 0 Å². The Bertz CT molecular complexity index is 486. The van der Waals surface area contributed by atoms with Crippen molar-refractivity contribution in [3.63, 3.8) is 0 Å². The van der Waals surface area contributed by atoms with Gasteiger partial charge in [0.15, 0.2) is 0 Å². The highest BCUT2D eigenvalue weighted by Crippen LogP contribution is 2.47. The van der Waals surface area contributed by atoms with E-state index in [2.05, 4.69) is 11.4 Å². The lowest BCUT2D eigenvalue weighted by molar-refractivity contribution is 0.263. The Morgan fingerprint density at radius 1 is 1.16 bits per heavy atom. The lowest BCUT2D eigenvalue weighted by atomic mass is 9.74. The third-order valence-electron chi connectivity index (χ3n) is 4.52. The average Bonchev–Trinajstić information content (AvgIpc) is 3.26. The van der Waals surface area contributed by atoms with Crippen molar-refractivity contribution in [2.45, 2.75) is 44.1 Å². The summed E-state index contributed by atoms with van der Waals surface area (Å²) >= 11 is 0. The Kier molecular flexibility index (Phi) is 3.18. The third kappa shape index (κ3) is 2.73. The number of halogens is 1. The minimum Gasteiger partial charge on any atom is -0.367 e. The van der Waals surface area contributed by atoms with E-state index < -0.39 is 5.54 Å². The number of nitrogens with zero attached hydrogens (tertiary/aromatic N) is 1. The van der Waals surface area contributed by atoms with Gasteiger partial charge in [0.05, 0.1) is 6.07 Å². The zero-order valence-corrected chi connectivity index (χ0v) is 11.0. The number of hydrogen-bond acceptors (Lipinski definition) is 2. The molecule has 0 heterocycles. The minimum atomic E-state index is -0.455. The summed E-state index contributed by atoms with van der Waals surface area (Å²) in [5.41, 5.74) is 0.392. The van der Waals surface area contributed by atoms with Gasteiger partial charge in [0.1, 0.15) is 11.4 Å². The first kappa shape index (κ1) is 12.5. The van der Waals surface area contributed by atoms with Crippen molar-refractivity contribution in [2.24, 2.45) is 11.8 Å². The van der Waals surface area contributed by atoms with Crippen LogP contribution in [0, 0.1) is 29.0 Å². The van der Waals surface area contributed by atoms with E-state index in [1.165, 1.54) is 31.4 Å². The number of nitrogens with one attached hydrogen (secondary N) is 1. The fourth-order valence-electron chi connectivity index (χ4n) is 3.34. The third-order valence-corrected chi connectivity index (χ3v) is 4.52. The van der Waals surface area contributed by atoms with Crippen molar-refractivity contribution in [3.8, 4) is 6.07 Å². The van der Waals surface area contributed by atoms with Gasteiger partial charge in [-0.3, -0.25) is 0 Å². The van der Waals surface area contributed by atoms with Crippen molar-refractivity contribution in [2.75, 3.05) is 5.32 Å². The van der Waals surface area contributed by atoms with Crippen LogP contribution in [-0.2, 0) is 0 Å². The van der Waals surface area contributed by atoms with Gasteiger partial charge >= 0.3 is 0 Å². The normalized spacial score (nSPS) is 30.6. The maximum absolute atomic E-state index is 12.9. The Balaban J connectivity index is 1.74. The number of benzene rings is 1. The second-order valence-corrected chi connectivity index (χ2v) is 6.02. The molecule has 2 saturated carbocycles. The van der Waals surface area contributed by atoms with Gasteiger partial charge in [-0.2, -0.15) is 5.26 Å². The second-order valence-electron chi connectivity index (χ2n) is 6.02. The SMILES string of the molecule is N#CC1(Nc2ccc(F)cc2)CCCC(C2CC2)C1. The van der Waals surface area contributed by atoms with Gasteiger partial charge in [0.25, 0.3) is 0 Å². The second kappa shape index (κ2) is 4.85. The molecule has 0 saturated heterocycles. The van der Waals surface area contributed by atoms with Gasteiger partial charge < -0.3 is 5.32 Å². The Morgan fingerprint density at radius 2 is 1.89 bits per heavy atom. The van der Waals surface area contributed by atoms with Crippen LogP contribution in [-0.4, -0.2) is 5.54 Å². The number of rotatable bonds is 3. The lowest BCUT2D eigenvalue weighted by Crippen LogP contribution is -2.42. The first-order chi connectivity index (χ1) is 9.21. The quantitative estimate of drug-likeness (QED) is 0.886. The first-order valence-electron chi connectivity index (χ1n) is 7.16. The molecule has 19 heavy (non-hydrogen) atoms. The molecule has 1 aromatic rings. The lowest BCUT2D eigenvalue weighted by Gasteiger charge is -2.37. The van der Waals surface area contributed by atoms with Crippen LogP contribution in [0.1, 0.15) is 38.5 Å². The Morgan fingerprint density at radius 3 is 2.53 bits per heavy atom. The summed E-state index contributed by atoms with van der Waals surface area (Å²) in [4.78, 5) is 0. The fourth-order valence-corrected chi connectivity index (χ4v) is 3.34. The molecule has 0 bridgehead atoms. The van der Waals surface area contributed by atoms with Crippen LogP contribution in [0.25, 0.3) is 0 Å². The molecule has 2 aliphatic rings. The molecule has 2 fully saturated rings. The summed E-state index contributed by atoms with van der Waals surface area (Å²) in [6, 6.07) is 8.80. The first-order valence-corrected chi connectivity index (χ1v) is 7.16.